The molecular formula is C11H15N3. The summed E-state index contributed by atoms with van der Waals surface area (Å²) >= 11 is 0. The van der Waals surface area contributed by atoms with E-state index in [0.717, 1.165) is 17.2 Å². The van der Waals surface area contributed by atoms with E-state index in [4.69, 9.17) is 0 Å². The van der Waals surface area contributed by atoms with Crippen LogP contribution in [0.4, 0.5) is 5.82 Å². The lowest BCUT2D eigenvalue weighted by Gasteiger charge is -2.05. The Morgan fingerprint density at radius 2 is 2.14 bits per heavy atom. The van der Waals surface area contributed by atoms with Gasteiger partial charge >= 0.3 is 0 Å². The Morgan fingerprint density at radius 1 is 1.36 bits per heavy atom. The van der Waals surface area contributed by atoms with Crippen LogP contribution in [0.5, 0.6) is 0 Å². The lowest BCUT2D eigenvalue weighted by atomic mass is 10.1. The van der Waals surface area contributed by atoms with Gasteiger partial charge in [0, 0.05) is 13.2 Å². The van der Waals surface area contributed by atoms with Crippen molar-refractivity contribution in [2.75, 3.05) is 12.4 Å². The summed E-state index contributed by atoms with van der Waals surface area (Å²) < 4.78 is 2.08. The quantitative estimate of drug-likeness (QED) is 0.786. The first kappa shape index (κ1) is 9.06. The zero-order valence-electron chi connectivity index (χ0n) is 8.78. The topological polar surface area (TPSA) is 29.3 Å². The highest BCUT2D eigenvalue weighted by Gasteiger charge is 2.12. The molecule has 0 amide bonds. The predicted molar refractivity (Wildman–Crippen MR) is 58.8 cm³/mol. The lowest BCUT2D eigenvalue weighted by Crippen LogP contribution is -1.98. The third kappa shape index (κ3) is 1.25. The van der Waals surface area contributed by atoms with Crippen molar-refractivity contribution < 1.29 is 0 Å². The van der Waals surface area contributed by atoms with Gasteiger partial charge in [-0.1, -0.05) is 19.9 Å². The summed E-state index contributed by atoms with van der Waals surface area (Å²) in [5, 5.41) is 3.20. The minimum absolute atomic E-state index is 0.442. The molecule has 0 saturated heterocycles. The molecule has 0 atom stereocenters. The van der Waals surface area contributed by atoms with E-state index in [0.29, 0.717) is 5.92 Å². The van der Waals surface area contributed by atoms with Crippen LogP contribution in [0, 0.1) is 0 Å². The van der Waals surface area contributed by atoms with Gasteiger partial charge in [0.1, 0.15) is 11.5 Å². The minimum atomic E-state index is 0.442. The fourth-order valence-corrected chi connectivity index (χ4v) is 1.67. The van der Waals surface area contributed by atoms with Gasteiger partial charge in [-0.25, -0.2) is 4.98 Å². The van der Waals surface area contributed by atoms with Gasteiger partial charge < -0.3 is 5.32 Å². The van der Waals surface area contributed by atoms with Crippen LogP contribution in [0.15, 0.2) is 24.4 Å². The minimum Gasteiger partial charge on any atom is -0.373 e. The summed E-state index contributed by atoms with van der Waals surface area (Å²) in [6.45, 7) is 4.31. The van der Waals surface area contributed by atoms with Gasteiger partial charge in [0.25, 0.3) is 0 Å². The summed E-state index contributed by atoms with van der Waals surface area (Å²) in [7, 11) is 1.93. The van der Waals surface area contributed by atoms with E-state index in [1.807, 2.05) is 31.4 Å². The number of hydrogen-bond acceptors (Lipinski definition) is 2. The lowest BCUT2D eigenvalue weighted by molar-refractivity contribution is 0.836. The van der Waals surface area contributed by atoms with Crippen molar-refractivity contribution in [2.24, 2.45) is 0 Å². The summed E-state index contributed by atoms with van der Waals surface area (Å²) in [6, 6.07) is 6.04. The zero-order chi connectivity index (χ0) is 10.1. The molecule has 74 valence electrons. The second-order valence-corrected chi connectivity index (χ2v) is 3.68. The molecule has 2 aromatic heterocycles. The van der Waals surface area contributed by atoms with Gasteiger partial charge in [-0.05, 0) is 18.1 Å². The molecule has 2 aromatic rings. The first-order valence-corrected chi connectivity index (χ1v) is 4.88. The summed E-state index contributed by atoms with van der Waals surface area (Å²) in [4.78, 5) is 4.58. The molecule has 0 fully saturated rings. The maximum absolute atomic E-state index is 4.58. The third-order valence-electron chi connectivity index (χ3n) is 2.34. The second kappa shape index (κ2) is 3.33. The maximum Gasteiger partial charge on any atom is 0.138 e. The van der Waals surface area contributed by atoms with Gasteiger partial charge in [-0.15, -0.1) is 0 Å². The van der Waals surface area contributed by atoms with E-state index in [-0.39, 0.29) is 0 Å². The Morgan fingerprint density at radius 3 is 2.79 bits per heavy atom. The monoisotopic (exact) mass is 189 g/mol. The van der Waals surface area contributed by atoms with Crippen molar-refractivity contribution in [3.8, 4) is 0 Å². The number of nitrogens with zero attached hydrogens (tertiary/aromatic N) is 2. The number of imidazole rings is 1. The Hall–Kier alpha value is -1.51. The highest BCUT2D eigenvalue weighted by Crippen LogP contribution is 2.24. The SMILES string of the molecule is CNc1c(C(C)C)nc2ccccn12. The molecule has 0 aliphatic rings. The molecule has 3 nitrogen and oxygen atoms in total. The van der Waals surface area contributed by atoms with Crippen LogP contribution in [-0.2, 0) is 0 Å². The highest BCUT2D eigenvalue weighted by molar-refractivity contribution is 5.55. The number of aromatic nitrogens is 2. The molecule has 0 unspecified atom stereocenters. The molecule has 3 heteroatoms. The number of fused-ring (bicyclic) bond motifs is 1. The van der Waals surface area contributed by atoms with Crippen LogP contribution in [0.3, 0.4) is 0 Å². The van der Waals surface area contributed by atoms with E-state index < -0.39 is 0 Å². The van der Waals surface area contributed by atoms with Crippen molar-refractivity contribution in [2.45, 2.75) is 19.8 Å². The normalized spacial score (nSPS) is 11.1. The Balaban J connectivity index is 2.72. The molecule has 0 saturated carbocycles. The molecule has 14 heavy (non-hydrogen) atoms. The van der Waals surface area contributed by atoms with Crippen LogP contribution < -0.4 is 5.32 Å². The predicted octanol–water partition coefficient (Wildman–Crippen LogP) is 2.50. The Bertz CT molecular complexity index is 443. The highest BCUT2D eigenvalue weighted by atomic mass is 15.1. The fraction of sp³-hybridized carbons (Fsp3) is 0.364. The van der Waals surface area contributed by atoms with Crippen LogP contribution >= 0.6 is 0 Å². The number of nitrogens with one attached hydrogen (secondary N) is 1. The number of hydrogen-bond donors (Lipinski definition) is 1. The van der Waals surface area contributed by atoms with Crippen molar-refractivity contribution in [3.05, 3.63) is 30.1 Å². The molecule has 1 N–H and O–H groups in total. The molecule has 0 aromatic carbocycles. The molecule has 2 heterocycles. The zero-order valence-corrected chi connectivity index (χ0v) is 8.78. The average Bonchev–Trinajstić information content (AvgIpc) is 2.56. The van der Waals surface area contributed by atoms with Crippen molar-refractivity contribution in [1.29, 1.82) is 0 Å². The van der Waals surface area contributed by atoms with E-state index in [2.05, 4.69) is 28.5 Å². The van der Waals surface area contributed by atoms with Gasteiger partial charge in [-0.2, -0.15) is 0 Å². The number of rotatable bonds is 2. The second-order valence-electron chi connectivity index (χ2n) is 3.68. The van der Waals surface area contributed by atoms with Gasteiger partial charge in [0.15, 0.2) is 0 Å². The smallest absolute Gasteiger partial charge is 0.138 e. The van der Waals surface area contributed by atoms with E-state index in [9.17, 15) is 0 Å². The average molecular weight is 189 g/mol. The molecular weight excluding hydrogens is 174 g/mol. The molecule has 0 bridgehead atoms. The molecule has 0 spiro atoms. The van der Waals surface area contributed by atoms with Crippen molar-refractivity contribution >= 4 is 11.5 Å². The van der Waals surface area contributed by atoms with Crippen LogP contribution in [0.25, 0.3) is 5.65 Å². The Labute approximate surface area is 83.8 Å². The number of pyridine rings is 1. The van der Waals surface area contributed by atoms with Gasteiger partial charge in [0.05, 0.1) is 5.69 Å². The molecule has 0 aliphatic carbocycles. The molecule has 2 rings (SSSR count). The summed E-state index contributed by atoms with van der Waals surface area (Å²) in [6.07, 6.45) is 2.03. The van der Waals surface area contributed by atoms with E-state index >= 15 is 0 Å². The molecule has 0 aliphatic heterocycles. The first-order chi connectivity index (χ1) is 6.74. The van der Waals surface area contributed by atoms with Crippen molar-refractivity contribution in [3.63, 3.8) is 0 Å². The summed E-state index contributed by atoms with van der Waals surface area (Å²) in [5.74, 6) is 1.54. The van der Waals surface area contributed by atoms with Crippen LogP contribution in [0.2, 0.25) is 0 Å². The van der Waals surface area contributed by atoms with E-state index in [1.54, 1.807) is 0 Å². The molecule has 0 radical (unpaired) electrons. The van der Waals surface area contributed by atoms with Crippen molar-refractivity contribution in [1.82, 2.24) is 9.38 Å². The van der Waals surface area contributed by atoms with Crippen LogP contribution in [-0.4, -0.2) is 16.4 Å². The largest absolute Gasteiger partial charge is 0.373 e. The first-order valence-electron chi connectivity index (χ1n) is 4.88. The van der Waals surface area contributed by atoms with Gasteiger partial charge in [-0.3, -0.25) is 4.40 Å². The number of anilines is 1. The summed E-state index contributed by atoms with van der Waals surface area (Å²) in [5.41, 5.74) is 2.12. The van der Waals surface area contributed by atoms with Gasteiger partial charge in [0.2, 0.25) is 0 Å². The van der Waals surface area contributed by atoms with E-state index in [1.165, 1.54) is 0 Å². The Kier molecular flexibility index (Phi) is 2.15. The van der Waals surface area contributed by atoms with Crippen LogP contribution in [0.1, 0.15) is 25.5 Å². The maximum atomic E-state index is 4.58. The standard InChI is InChI=1S/C11H15N3/c1-8(2)10-11(12-3)14-7-5-4-6-9(14)13-10/h4-8,12H,1-3H3. The fourth-order valence-electron chi connectivity index (χ4n) is 1.67. The third-order valence-corrected chi connectivity index (χ3v) is 2.34.